The molecule has 1 amide bonds. The average Bonchev–Trinajstić information content (AvgIpc) is 2.22. The zero-order valence-corrected chi connectivity index (χ0v) is 7.94. The Bertz CT molecular complexity index is 469. The van der Waals surface area contributed by atoms with Gasteiger partial charge in [0.1, 0.15) is 0 Å². The molecule has 1 aromatic rings. The molecule has 0 aromatic heterocycles. The summed E-state index contributed by atoms with van der Waals surface area (Å²) in [5, 5.41) is 1.27. The first-order valence-electron chi connectivity index (χ1n) is 4.08. The van der Waals surface area contributed by atoms with Crippen LogP contribution in [0.3, 0.4) is 0 Å². The number of halogens is 5. The molecule has 0 aliphatic heterocycles. The number of nitrogens with one attached hydrogen (secondary N) is 1. The van der Waals surface area contributed by atoms with E-state index in [1.54, 1.807) is 0 Å². The summed E-state index contributed by atoms with van der Waals surface area (Å²) < 4.78 is 61.3. The lowest BCUT2D eigenvalue weighted by Crippen LogP contribution is -2.30. The molecule has 0 saturated heterocycles. The Morgan fingerprint density at radius 3 is 2.29 bits per heavy atom. The molecule has 0 heterocycles. The lowest BCUT2D eigenvalue weighted by molar-refractivity contribution is -0.167. The maximum atomic E-state index is 13.0. The summed E-state index contributed by atoms with van der Waals surface area (Å²) in [6.45, 7) is 0. The summed E-state index contributed by atoms with van der Waals surface area (Å²) in [7, 11) is 0. The van der Waals surface area contributed by atoms with Gasteiger partial charge in [-0.15, -0.1) is 0 Å². The second kappa shape index (κ2) is 4.48. The Balaban J connectivity index is 3.12. The van der Waals surface area contributed by atoms with Crippen LogP contribution in [-0.2, 0) is 4.79 Å². The molecule has 0 aliphatic carbocycles. The van der Waals surface area contributed by atoms with E-state index in [2.05, 4.69) is 0 Å². The maximum absolute atomic E-state index is 13.0. The maximum Gasteiger partial charge on any atom is 0.471 e. The number of anilines is 1. The molecular weight excluding hydrogens is 249 g/mol. The molecule has 0 unspecified atom stereocenters. The van der Waals surface area contributed by atoms with Gasteiger partial charge in [-0.2, -0.15) is 13.2 Å². The highest BCUT2D eigenvalue weighted by Gasteiger charge is 2.39. The molecular formula is C9H4F5NO2. The molecule has 17 heavy (non-hydrogen) atoms. The third kappa shape index (κ3) is 2.77. The number of benzene rings is 1. The number of carbonyl (C=O) groups is 2. The summed E-state index contributed by atoms with van der Waals surface area (Å²) >= 11 is 0. The highest BCUT2D eigenvalue weighted by Crippen LogP contribution is 2.23. The van der Waals surface area contributed by atoms with Crippen LogP contribution < -0.4 is 5.32 Å². The first kappa shape index (κ1) is 13.1. The molecule has 1 rings (SSSR count). The van der Waals surface area contributed by atoms with Crippen LogP contribution in [-0.4, -0.2) is 18.4 Å². The van der Waals surface area contributed by atoms with E-state index in [4.69, 9.17) is 0 Å². The predicted molar refractivity (Wildman–Crippen MR) is 46.4 cm³/mol. The zero-order chi connectivity index (χ0) is 13.2. The molecule has 0 atom stereocenters. The smallest absolute Gasteiger partial charge is 0.317 e. The third-order valence-electron chi connectivity index (χ3n) is 1.76. The van der Waals surface area contributed by atoms with Gasteiger partial charge in [-0.3, -0.25) is 9.59 Å². The van der Waals surface area contributed by atoms with Gasteiger partial charge in [0.2, 0.25) is 0 Å². The van der Waals surface area contributed by atoms with Crippen LogP contribution in [0.1, 0.15) is 10.4 Å². The van der Waals surface area contributed by atoms with Crippen molar-refractivity contribution >= 4 is 17.9 Å². The predicted octanol–water partition coefficient (Wildman–Crippen LogP) is 2.28. The summed E-state index contributed by atoms with van der Waals surface area (Å²) in [5.74, 6) is -5.41. The first-order chi connectivity index (χ1) is 7.77. The van der Waals surface area contributed by atoms with E-state index in [0.717, 1.165) is 0 Å². The molecule has 8 heteroatoms. The van der Waals surface area contributed by atoms with Crippen molar-refractivity contribution in [2.45, 2.75) is 6.18 Å². The quantitative estimate of drug-likeness (QED) is 0.649. The van der Waals surface area contributed by atoms with Crippen molar-refractivity contribution in [1.29, 1.82) is 0 Å². The summed E-state index contributed by atoms with van der Waals surface area (Å²) in [5.41, 5.74) is -1.73. The normalized spacial score (nSPS) is 11.1. The standard InChI is InChI=1S/C9H4F5NO2/c10-5-1-2-6(4(3-16)7(5)11)15-8(17)9(12,13)14/h1-3H,(H,15,17). The highest BCUT2D eigenvalue weighted by atomic mass is 19.4. The molecule has 0 saturated carbocycles. The monoisotopic (exact) mass is 253 g/mol. The van der Waals surface area contributed by atoms with Gasteiger partial charge in [0.15, 0.2) is 17.9 Å². The lowest BCUT2D eigenvalue weighted by Gasteiger charge is -2.10. The van der Waals surface area contributed by atoms with E-state index in [1.807, 2.05) is 0 Å². The molecule has 0 spiro atoms. The molecule has 0 aliphatic rings. The van der Waals surface area contributed by atoms with Crippen LogP contribution in [0, 0.1) is 11.6 Å². The van der Waals surface area contributed by atoms with Crippen molar-refractivity contribution in [2.75, 3.05) is 5.32 Å². The van der Waals surface area contributed by atoms with E-state index < -0.39 is 35.0 Å². The molecule has 0 bridgehead atoms. The van der Waals surface area contributed by atoms with Gasteiger partial charge in [0, 0.05) is 0 Å². The fraction of sp³-hybridized carbons (Fsp3) is 0.111. The average molecular weight is 253 g/mol. The van der Waals surface area contributed by atoms with Gasteiger partial charge in [-0.1, -0.05) is 0 Å². The highest BCUT2D eigenvalue weighted by molar-refractivity contribution is 5.99. The van der Waals surface area contributed by atoms with Crippen LogP contribution in [0.2, 0.25) is 0 Å². The van der Waals surface area contributed by atoms with Crippen molar-refractivity contribution in [3.8, 4) is 0 Å². The summed E-state index contributed by atoms with van der Waals surface area (Å²) in [4.78, 5) is 20.9. The van der Waals surface area contributed by atoms with Crippen molar-refractivity contribution in [1.82, 2.24) is 0 Å². The largest absolute Gasteiger partial charge is 0.471 e. The van der Waals surface area contributed by atoms with E-state index in [1.165, 1.54) is 5.32 Å². The summed E-state index contributed by atoms with van der Waals surface area (Å²) in [6.07, 6.45) is -5.38. The molecule has 0 fully saturated rings. The van der Waals surface area contributed by atoms with Crippen LogP contribution in [0.4, 0.5) is 27.6 Å². The molecule has 3 nitrogen and oxygen atoms in total. The topological polar surface area (TPSA) is 46.2 Å². The van der Waals surface area contributed by atoms with Gasteiger partial charge in [0.05, 0.1) is 11.3 Å². The van der Waals surface area contributed by atoms with Gasteiger partial charge < -0.3 is 5.32 Å². The number of aldehydes is 1. The Morgan fingerprint density at radius 1 is 1.24 bits per heavy atom. The number of hydrogen-bond acceptors (Lipinski definition) is 2. The second-order valence-corrected chi connectivity index (χ2v) is 2.89. The zero-order valence-electron chi connectivity index (χ0n) is 7.94. The number of rotatable bonds is 2. The molecule has 0 radical (unpaired) electrons. The van der Waals surface area contributed by atoms with Crippen LogP contribution in [0.5, 0.6) is 0 Å². The Kier molecular flexibility index (Phi) is 3.45. The summed E-state index contributed by atoms with van der Waals surface area (Å²) in [6, 6.07) is 1.15. The first-order valence-corrected chi connectivity index (χ1v) is 4.08. The Morgan fingerprint density at radius 2 is 1.82 bits per heavy atom. The Hall–Kier alpha value is -1.99. The minimum absolute atomic E-state index is 0.190. The van der Waals surface area contributed by atoms with Crippen molar-refractivity contribution in [3.63, 3.8) is 0 Å². The van der Waals surface area contributed by atoms with E-state index >= 15 is 0 Å². The van der Waals surface area contributed by atoms with Gasteiger partial charge in [-0.25, -0.2) is 8.78 Å². The third-order valence-corrected chi connectivity index (χ3v) is 1.76. The van der Waals surface area contributed by atoms with E-state index in [9.17, 15) is 31.5 Å². The van der Waals surface area contributed by atoms with Crippen molar-refractivity contribution < 1.29 is 31.5 Å². The van der Waals surface area contributed by atoms with Gasteiger partial charge >= 0.3 is 12.1 Å². The fourth-order valence-electron chi connectivity index (χ4n) is 0.984. The van der Waals surface area contributed by atoms with Gasteiger partial charge in [0.25, 0.3) is 0 Å². The molecule has 1 N–H and O–H groups in total. The minimum atomic E-state index is -5.19. The van der Waals surface area contributed by atoms with Gasteiger partial charge in [-0.05, 0) is 12.1 Å². The number of alkyl halides is 3. The minimum Gasteiger partial charge on any atom is -0.317 e. The SMILES string of the molecule is O=Cc1c(NC(=O)C(F)(F)F)ccc(F)c1F. The van der Waals surface area contributed by atoms with E-state index in [-0.39, 0.29) is 6.29 Å². The van der Waals surface area contributed by atoms with Crippen LogP contribution in [0.25, 0.3) is 0 Å². The number of hydrogen-bond donors (Lipinski definition) is 1. The second-order valence-electron chi connectivity index (χ2n) is 2.89. The Labute approximate surface area is 91.2 Å². The van der Waals surface area contributed by atoms with E-state index in [0.29, 0.717) is 12.1 Å². The lowest BCUT2D eigenvalue weighted by atomic mass is 10.1. The molecule has 92 valence electrons. The fourth-order valence-corrected chi connectivity index (χ4v) is 0.984. The van der Waals surface area contributed by atoms with Crippen molar-refractivity contribution in [2.24, 2.45) is 0 Å². The van der Waals surface area contributed by atoms with Crippen LogP contribution >= 0.6 is 0 Å². The van der Waals surface area contributed by atoms with Crippen LogP contribution in [0.15, 0.2) is 12.1 Å². The number of carbonyl (C=O) groups excluding carboxylic acids is 2. The molecule has 1 aromatic carbocycles. The van der Waals surface area contributed by atoms with Crippen molar-refractivity contribution in [3.05, 3.63) is 29.3 Å². The number of amides is 1.